The van der Waals surface area contributed by atoms with E-state index in [0.29, 0.717) is 16.5 Å². The van der Waals surface area contributed by atoms with Gasteiger partial charge < -0.3 is 15.4 Å². The molecule has 26 heavy (non-hydrogen) atoms. The maximum absolute atomic E-state index is 12.0. The summed E-state index contributed by atoms with van der Waals surface area (Å²) in [6.45, 7) is -0.124. The van der Waals surface area contributed by atoms with Crippen LogP contribution in [0.25, 0.3) is 10.9 Å². The van der Waals surface area contributed by atoms with E-state index in [4.69, 9.17) is 28.3 Å². The molecule has 0 atom stereocenters. The molecule has 0 saturated heterocycles. The first kappa shape index (κ1) is 17.9. The molecule has 2 heterocycles. The fourth-order valence-electron chi connectivity index (χ4n) is 2.38. The van der Waals surface area contributed by atoms with Crippen molar-refractivity contribution in [1.29, 1.82) is 0 Å². The Balaban J connectivity index is 1.95. The minimum Gasteiger partial charge on any atom is -0.477 e. The van der Waals surface area contributed by atoms with Crippen molar-refractivity contribution in [3.8, 4) is 0 Å². The Morgan fingerprint density at radius 3 is 2.58 bits per heavy atom. The van der Waals surface area contributed by atoms with Crippen LogP contribution < -0.4 is 10.9 Å². The maximum Gasteiger partial charge on any atom is 0.341 e. The molecule has 2 aromatic heterocycles. The van der Waals surface area contributed by atoms with E-state index in [-0.39, 0.29) is 29.0 Å². The number of hydrogen-bond acceptors (Lipinski definition) is 5. The van der Waals surface area contributed by atoms with Crippen LogP contribution in [0.1, 0.15) is 15.9 Å². The molecule has 0 saturated carbocycles. The highest BCUT2D eigenvalue weighted by Gasteiger charge is 2.17. The number of fused-ring (bicyclic) bond motifs is 1. The van der Waals surface area contributed by atoms with Gasteiger partial charge in [-0.3, -0.25) is 9.59 Å². The molecule has 0 radical (unpaired) electrons. The summed E-state index contributed by atoms with van der Waals surface area (Å²) in [6, 6.07) is 2.65. The number of rotatable bonds is 5. The third-order valence-electron chi connectivity index (χ3n) is 3.57. The van der Waals surface area contributed by atoms with E-state index >= 15 is 0 Å². The number of nitrogens with zero attached hydrogens (tertiary/aromatic N) is 3. The van der Waals surface area contributed by atoms with Crippen molar-refractivity contribution in [2.24, 2.45) is 0 Å². The zero-order valence-electron chi connectivity index (χ0n) is 13.0. The Hall–Kier alpha value is -2.91. The largest absolute Gasteiger partial charge is 0.477 e. The average Bonchev–Trinajstić information content (AvgIpc) is 3.08. The topological polar surface area (TPSA) is 130 Å². The predicted octanol–water partition coefficient (Wildman–Crippen LogP) is 1.44. The lowest BCUT2D eigenvalue weighted by atomic mass is 10.1. The lowest BCUT2D eigenvalue weighted by Gasteiger charge is -2.12. The number of carbonyl (C=O) groups excluding carboxylic acids is 1. The van der Waals surface area contributed by atoms with E-state index in [1.807, 2.05) is 0 Å². The number of nitrogens with one attached hydrogen (secondary N) is 2. The Bertz CT molecular complexity index is 1060. The quantitative estimate of drug-likeness (QED) is 0.599. The van der Waals surface area contributed by atoms with Gasteiger partial charge in [0.2, 0.25) is 5.91 Å². The number of aromatic nitrogens is 4. The highest BCUT2D eigenvalue weighted by Crippen LogP contribution is 2.32. The van der Waals surface area contributed by atoms with E-state index in [1.54, 1.807) is 0 Å². The summed E-state index contributed by atoms with van der Waals surface area (Å²) in [5.74, 6) is -1.74. The van der Waals surface area contributed by atoms with Gasteiger partial charge in [0.25, 0.3) is 5.56 Å². The number of carboxylic acid groups (broad SMARTS) is 1. The second-order valence-corrected chi connectivity index (χ2v) is 6.05. The SMILES string of the molecule is O=C(Cn1nccn1)NCc1c(Cl)c(Cl)cc2cc(C(=O)O)c(=O)[nH]c12. The molecule has 134 valence electrons. The summed E-state index contributed by atoms with van der Waals surface area (Å²) in [5.41, 5.74) is -0.538. The molecule has 9 nitrogen and oxygen atoms in total. The van der Waals surface area contributed by atoms with Gasteiger partial charge in [-0.15, -0.1) is 0 Å². The number of carboxylic acids is 1. The molecule has 3 rings (SSSR count). The van der Waals surface area contributed by atoms with Crippen LogP contribution in [-0.4, -0.2) is 37.0 Å². The normalized spacial score (nSPS) is 10.8. The van der Waals surface area contributed by atoms with Crippen LogP contribution in [0.15, 0.2) is 29.3 Å². The molecule has 11 heteroatoms. The summed E-state index contributed by atoms with van der Waals surface area (Å²) >= 11 is 12.3. The summed E-state index contributed by atoms with van der Waals surface area (Å²) in [5, 5.41) is 20.0. The average molecular weight is 396 g/mol. The smallest absolute Gasteiger partial charge is 0.341 e. The van der Waals surface area contributed by atoms with E-state index in [9.17, 15) is 14.4 Å². The van der Waals surface area contributed by atoms with Gasteiger partial charge in [0, 0.05) is 17.5 Å². The molecule has 0 fully saturated rings. The molecule has 0 spiro atoms. The number of pyridine rings is 1. The van der Waals surface area contributed by atoms with Gasteiger partial charge in [0.1, 0.15) is 12.1 Å². The molecular formula is C15H11Cl2N5O4. The number of amides is 1. The van der Waals surface area contributed by atoms with Crippen LogP contribution in [0.3, 0.4) is 0 Å². The zero-order chi connectivity index (χ0) is 18.8. The van der Waals surface area contributed by atoms with Gasteiger partial charge in [-0.2, -0.15) is 15.0 Å². The summed E-state index contributed by atoms with van der Waals surface area (Å²) in [4.78, 5) is 38.7. The number of aromatic carboxylic acids is 1. The second-order valence-electron chi connectivity index (χ2n) is 5.27. The molecule has 0 bridgehead atoms. The van der Waals surface area contributed by atoms with Crippen molar-refractivity contribution < 1.29 is 14.7 Å². The molecule has 3 N–H and O–H groups in total. The first-order valence-electron chi connectivity index (χ1n) is 7.25. The zero-order valence-corrected chi connectivity index (χ0v) is 14.5. The third-order valence-corrected chi connectivity index (χ3v) is 4.40. The lowest BCUT2D eigenvalue weighted by molar-refractivity contribution is -0.122. The third kappa shape index (κ3) is 3.53. The number of H-pyrrole nitrogens is 1. The number of hydrogen-bond donors (Lipinski definition) is 3. The van der Waals surface area contributed by atoms with Crippen LogP contribution in [0.5, 0.6) is 0 Å². The lowest BCUT2D eigenvalue weighted by Crippen LogP contribution is -2.28. The van der Waals surface area contributed by atoms with Crippen LogP contribution in [-0.2, 0) is 17.9 Å². The van der Waals surface area contributed by atoms with Gasteiger partial charge >= 0.3 is 5.97 Å². The molecule has 1 amide bonds. The minimum absolute atomic E-state index is 0.0294. The van der Waals surface area contributed by atoms with Crippen LogP contribution in [0.4, 0.5) is 0 Å². The highest BCUT2D eigenvalue weighted by atomic mass is 35.5. The fraction of sp³-hybridized carbons (Fsp3) is 0.133. The number of halogens is 2. The number of aromatic amines is 1. The van der Waals surface area contributed by atoms with Gasteiger partial charge in [-0.25, -0.2) is 4.79 Å². The molecule has 3 aromatic rings. The molecule has 0 unspecified atom stereocenters. The van der Waals surface area contributed by atoms with E-state index in [0.717, 1.165) is 0 Å². The van der Waals surface area contributed by atoms with E-state index in [1.165, 1.54) is 29.3 Å². The minimum atomic E-state index is -1.36. The molecule has 0 aliphatic rings. The predicted molar refractivity (Wildman–Crippen MR) is 93.4 cm³/mol. The van der Waals surface area contributed by atoms with Gasteiger partial charge in [0.05, 0.1) is 28.0 Å². The van der Waals surface area contributed by atoms with Crippen molar-refractivity contribution >= 4 is 46.0 Å². The number of benzene rings is 1. The van der Waals surface area contributed by atoms with Crippen molar-refractivity contribution in [3.63, 3.8) is 0 Å². The maximum atomic E-state index is 12.0. The van der Waals surface area contributed by atoms with Gasteiger partial charge in [-0.05, 0) is 12.1 Å². The van der Waals surface area contributed by atoms with Crippen molar-refractivity contribution in [2.75, 3.05) is 0 Å². The molecule has 0 aliphatic heterocycles. The first-order valence-corrected chi connectivity index (χ1v) is 8.00. The summed E-state index contributed by atoms with van der Waals surface area (Å²) in [7, 11) is 0. The Morgan fingerprint density at radius 1 is 1.23 bits per heavy atom. The van der Waals surface area contributed by atoms with Crippen LogP contribution in [0, 0.1) is 0 Å². The van der Waals surface area contributed by atoms with Crippen molar-refractivity contribution in [1.82, 2.24) is 25.3 Å². The molecular weight excluding hydrogens is 385 g/mol. The second kappa shape index (κ2) is 7.14. The van der Waals surface area contributed by atoms with E-state index in [2.05, 4.69) is 20.5 Å². The summed E-state index contributed by atoms with van der Waals surface area (Å²) in [6.07, 6.45) is 2.89. The Morgan fingerprint density at radius 2 is 1.92 bits per heavy atom. The molecule has 1 aromatic carbocycles. The Labute approximate surface area is 155 Å². The van der Waals surface area contributed by atoms with Crippen LogP contribution >= 0.6 is 23.2 Å². The monoisotopic (exact) mass is 395 g/mol. The summed E-state index contributed by atoms with van der Waals surface area (Å²) < 4.78 is 0. The van der Waals surface area contributed by atoms with Gasteiger partial charge in [0.15, 0.2) is 0 Å². The highest BCUT2D eigenvalue weighted by molar-refractivity contribution is 6.43. The fourth-order valence-corrected chi connectivity index (χ4v) is 2.83. The van der Waals surface area contributed by atoms with Crippen LogP contribution in [0.2, 0.25) is 10.0 Å². The van der Waals surface area contributed by atoms with Crippen molar-refractivity contribution in [3.05, 3.63) is 56.1 Å². The standard InChI is InChI=1S/C15H11Cl2N5O4/c16-10-4-7-3-8(15(25)26)14(24)21-13(7)9(12(10)17)5-18-11(23)6-22-19-1-2-20-22/h1-4H,5-6H2,(H,18,23)(H,21,24)(H,25,26). The van der Waals surface area contributed by atoms with Gasteiger partial charge in [-0.1, -0.05) is 23.2 Å². The van der Waals surface area contributed by atoms with Crippen molar-refractivity contribution in [2.45, 2.75) is 13.1 Å². The molecule has 0 aliphatic carbocycles. The Kier molecular flexibility index (Phi) is 4.92. The number of carbonyl (C=O) groups is 2. The first-order chi connectivity index (χ1) is 12.4. The van der Waals surface area contributed by atoms with E-state index < -0.39 is 17.1 Å².